The molecule has 6 aromatic heterocycles. The minimum absolute atomic E-state index is 0. The predicted molar refractivity (Wildman–Crippen MR) is 316 cm³/mol. The molecule has 12 aromatic rings. The quantitative estimate of drug-likeness (QED) is 0.0763. The summed E-state index contributed by atoms with van der Waals surface area (Å²) in [7, 11) is 7.18. The molecule has 0 radical (unpaired) electrons. The minimum atomic E-state index is -0.991. The van der Waals surface area contributed by atoms with E-state index in [1.54, 1.807) is 120 Å². The van der Waals surface area contributed by atoms with Gasteiger partial charge in [-0.1, -0.05) is 69.5 Å². The number of nitrogens with one attached hydrogen (secondary N) is 4. The fraction of sp³-hybridized carbons (Fsp3) is 0.129. The van der Waals surface area contributed by atoms with Crippen LogP contribution in [0.2, 0.25) is 0 Å². The minimum Gasteiger partial charge on any atom is -0.870 e. The van der Waals surface area contributed by atoms with E-state index < -0.39 is 5.97 Å². The van der Waals surface area contributed by atoms with Crippen molar-refractivity contribution in [3.05, 3.63) is 230 Å². The number of carbonyl (C=O) groups excluding carboxylic acids is 2. The molecule has 12 rings (SSSR count). The molecule has 0 aliphatic heterocycles. The topological polar surface area (TPSA) is 239 Å². The van der Waals surface area contributed by atoms with Crippen LogP contribution in [0.25, 0.3) is 82.9 Å². The van der Waals surface area contributed by atoms with Crippen molar-refractivity contribution >= 4 is 83.7 Å². The van der Waals surface area contributed by atoms with Gasteiger partial charge < -0.3 is 40.5 Å². The second kappa shape index (κ2) is 27.0. The van der Waals surface area contributed by atoms with Crippen molar-refractivity contribution in [2.45, 2.75) is 21.8 Å². The van der Waals surface area contributed by atoms with Crippen LogP contribution < -0.4 is 51.6 Å². The number of para-hydroxylation sites is 3. The van der Waals surface area contributed by atoms with Gasteiger partial charge in [-0.15, -0.1) is 0 Å². The Balaban J connectivity index is 0.000000210. The number of H-pyrrole nitrogens is 3. The summed E-state index contributed by atoms with van der Waals surface area (Å²) in [6.07, 6.45) is 0. The number of carbonyl (C=O) groups is 3. The van der Waals surface area contributed by atoms with Crippen LogP contribution in [-0.4, -0.2) is 96.8 Å². The molecular formula is C62H61N8NaO9. The molecule has 6 aromatic carbocycles. The number of benzene rings is 6. The number of ether oxygens (including phenoxy) is 1. The van der Waals surface area contributed by atoms with Crippen LogP contribution in [0.5, 0.6) is 0 Å². The van der Waals surface area contributed by atoms with Gasteiger partial charge in [0, 0.05) is 87.6 Å². The molecule has 0 spiro atoms. The molecule has 17 nitrogen and oxygen atoms in total. The van der Waals surface area contributed by atoms with Crippen LogP contribution in [0.3, 0.4) is 0 Å². The summed E-state index contributed by atoms with van der Waals surface area (Å²) in [5.41, 5.74) is 10.9. The summed E-state index contributed by atoms with van der Waals surface area (Å²) in [6.45, 7) is 2.10. The van der Waals surface area contributed by atoms with E-state index in [0.717, 1.165) is 71.5 Å². The Morgan fingerprint density at radius 3 is 1.07 bits per heavy atom. The largest absolute Gasteiger partial charge is 1.00 e. The average Bonchev–Trinajstić information content (AvgIpc) is 4.24. The zero-order valence-corrected chi connectivity index (χ0v) is 45.6. The number of hydrogen-bond acceptors (Lipinski definition) is 9. The Morgan fingerprint density at radius 2 is 0.775 bits per heavy atom. The number of fused-ring (bicyclic) bond motifs is 9. The van der Waals surface area contributed by atoms with E-state index in [1.807, 2.05) is 86.9 Å². The number of amides is 1. The molecule has 404 valence electrons. The van der Waals surface area contributed by atoms with Gasteiger partial charge in [-0.25, -0.2) is 9.59 Å². The van der Waals surface area contributed by atoms with Crippen molar-refractivity contribution in [1.82, 2.24) is 38.9 Å². The molecule has 0 bridgehead atoms. The van der Waals surface area contributed by atoms with Crippen molar-refractivity contribution in [2.75, 3.05) is 34.8 Å². The van der Waals surface area contributed by atoms with Crippen LogP contribution in [0, 0.1) is 0 Å². The Labute approximate surface area is 482 Å². The summed E-state index contributed by atoms with van der Waals surface area (Å²) < 4.78 is 9.93. The van der Waals surface area contributed by atoms with Crippen LogP contribution in [0.15, 0.2) is 196 Å². The Morgan fingerprint density at radius 1 is 0.475 bits per heavy atom. The molecular weight excluding hydrogens is 1020 g/mol. The fourth-order valence-electron chi connectivity index (χ4n) is 9.04. The molecule has 80 heavy (non-hydrogen) atoms. The number of esters is 1. The van der Waals surface area contributed by atoms with Crippen molar-refractivity contribution in [3.63, 3.8) is 0 Å². The molecule has 0 aliphatic carbocycles. The van der Waals surface area contributed by atoms with Gasteiger partial charge >= 0.3 is 41.5 Å². The number of rotatable bonds is 7. The summed E-state index contributed by atoms with van der Waals surface area (Å²) >= 11 is 0. The third-order valence-corrected chi connectivity index (χ3v) is 12.4. The average molecular weight is 1090 g/mol. The molecule has 18 heteroatoms. The van der Waals surface area contributed by atoms with Crippen LogP contribution in [0.1, 0.15) is 52.9 Å². The van der Waals surface area contributed by atoms with E-state index in [9.17, 15) is 28.8 Å². The van der Waals surface area contributed by atoms with Crippen molar-refractivity contribution < 1.29 is 59.3 Å². The summed E-state index contributed by atoms with van der Waals surface area (Å²) in [5.74, 6) is -1.43. The molecule has 0 unspecified atom stereocenters. The zero-order chi connectivity index (χ0) is 53.6. The van der Waals surface area contributed by atoms with Gasteiger partial charge in [-0.05, 0) is 130 Å². The number of carboxylic acids is 1. The number of nitrogens with zero attached hydrogens (tertiary/aromatic N) is 4. The van der Waals surface area contributed by atoms with Crippen molar-refractivity contribution in [2.24, 2.45) is 0 Å². The number of pyridine rings is 3. The molecule has 6 heterocycles. The SMILES string of the molecule is C.C.CCOC(=O)c1ccc(-n2c(=O)ccc3[nH]c4ccccc4c32)cc1.CN(C)C(=O)c1ccc(-n2c(=O)ccc3[nH]c4ccccc4c32)cc1.CNC.O=C(O)c1ccc(-n2c(=O)ccc3[nH]c4ccccc4c32)cc1.[Na+].[OH-]. The molecule has 6 N–H and O–H groups in total. The van der Waals surface area contributed by atoms with Gasteiger partial charge in [0.25, 0.3) is 22.6 Å². The van der Waals surface area contributed by atoms with Crippen molar-refractivity contribution in [3.8, 4) is 17.1 Å². The molecule has 1 amide bonds. The molecule has 0 aliphatic rings. The van der Waals surface area contributed by atoms with Gasteiger partial charge in [0.1, 0.15) is 0 Å². The van der Waals surface area contributed by atoms with E-state index in [-0.39, 0.29) is 84.0 Å². The van der Waals surface area contributed by atoms with Crippen LogP contribution in [0.4, 0.5) is 0 Å². The fourth-order valence-corrected chi connectivity index (χ4v) is 9.04. The van der Waals surface area contributed by atoms with Gasteiger partial charge in [-0.3, -0.25) is 32.9 Å². The van der Waals surface area contributed by atoms with E-state index >= 15 is 0 Å². The first kappa shape index (κ1) is 61.7. The van der Waals surface area contributed by atoms with Crippen molar-refractivity contribution in [1.29, 1.82) is 0 Å². The molecule has 0 saturated carbocycles. The Hall–Kier alpha value is -9.10. The van der Waals surface area contributed by atoms with E-state index in [0.29, 0.717) is 29.1 Å². The number of hydrogen-bond donors (Lipinski definition) is 5. The second-order valence-corrected chi connectivity index (χ2v) is 17.7. The first-order chi connectivity index (χ1) is 36.8. The molecule has 0 saturated heterocycles. The third-order valence-electron chi connectivity index (χ3n) is 12.4. The standard InChI is InChI=1S/C20H17N3O2.C20H16N2O3.C18H12N2O3.C2H7N.2CH4.Na.H2O/c1-22(2)20(25)13-7-9-14(10-8-13)23-18(24)12-11-17-19(23)15-5-3-4-6-16(15)21-17;1-2-25-20(24)13-7-9-14(10-8-13)22-18(23)12-11-17-19(22)15-5-3-4-6-16(15)21-17;21-16-10-9-15-17(13-3-1-2-4-14(13)19-15)20(16)12-7-5-11(6-8-12)18(22)23;1-3-2;;;;/h3-12,21H,1-2H3;3-12,21H,2H2,1H3;1-10,19H,(H,22,23);3H,1-2H3;2*1H4;;1H2/q;;;;;;+1;/p-1. The summed E-state index contributed by atoms with van der Waals surface area (Å²) in [6, 6.07) is 53.7. The number of carboxylic acid groups (broad SMARTS) is 1. The zero-order valence-electron chi connectivity index (χ0n) is 43.6. The Kier molecular flexibility index (Phi) is 20.8. The van der Waals surface area contributed by atoms with Crippen LogP contribution >= 0.6 is 0 Å². The second-order valence-electron chi connectivity index (χ2n) is 17.7. The third kappa shape index (κ3) is 12.4. The summed E-state index contributed by atoms with van der Waals surface area (Å²) in [5, 5.41) is 14.7. The first-order valence-corrected chi connectivity index (χ1v) is 24.2. The maximum Gasteiger partial charge on any atom is 1.00 e. The molecule has 0 fully saturated rings. The van der Waals surface area contributed by atoms with E-state index in [1.165, 1.54) is 29.2 Å². The van der Waals surface area contributed by atoms with Gasteiger partial charge in [0.15, 0.2) is 0 Å². The maximum absolute atomic E-state index is 12.6. The van der Waals surface area contributed by atoms with Gasteiger partial charge in [0.05, 0.1) is 50.8 Å². The first-order valence-electron chi connectivity index (χ1n) is 24.2. The predicted octanol–water partition coefficient (Wildman–Crippen LogP) is 7.93. The van der Waals surface area contributed by atoms with Crippen LogP contribution in [-0.2, 0) is 4.74 Å². The Bertz CT molecular complexity index is 4310. The number of aromatic carboxylic acids is 1. The maximum atomic E-state index is 12.6. The molecule has 0 atom stereocenters. The van der Waals surface area contributed by atoms with E-state index in [4.69, 9.17) is 9.84 Å². The van der Waals surface area contributed by atoms with Gasteiger partial charge in [-0.2, -0.15) is 0 Å². The summed E-state index contributed by atoms with van der Waals surface area (Å²) in [4.78, 5) is 83.9. The van der Waals surface area contributed by atoms with Gasteiger partial charge in [0.2, 0.25) is 0 Å². The number of aromatic nitrogens is 6. The monoisotopic (exact) mass is 1080 g/mol. The smallest absolute Gasteiger partial charge is 0.870 e. The number of aromatic amines is 3. The van der Waals surface area contributed by atoms with E-state index in [2.05, 4.69) is 20.3 Å². The normalized spacial score (nSPS) is 10.4.